The fourth-order valence-corrected chi connectivity index (χ4v) is 2.99. The van der Waals surface area contributed by atoms with Crippen LogP contribution in [-0.4, -0.2) is 23.3 Å². The van der Waals surface area contributed by atoms with Crippen LogP contribution in [0.1, 0.15) is 5.56 Å². The van der Waals surface area contributed by atoms with E-state index in [0.717, 1.165) is 16.3 Å². The predicted octanol–water partition coefficient (Wildman–Crippen LogP) is 3.34. The number of carbonyl (C=O) groups is 1. The quantitative estimate of drug-likeness (QED) is 0.532. The molecule has 0 spiro atoms. The molecule has 2 aromatic carbocycles. The van der Waals surface area contributed by atoms with E-state index in [4.69, 9.17) is 14.2 Å². The zero-order valence-electron chi connectivity index (χ0n) is 13.1. The smallest absolute Gasteiger partial charge is 0.343 e. The largest absolute Gasteiger partial charge is 0.461 e. The molecule has 122 valence electrons. The average Bonchev–Trinajstić information content (AvgIpc) is 3.40. The molecule has 0 bridgehead atoms. The summed E-state index contributed by atoms with van der Waals surface area (Å²) in [5.41, 5.74) is 1.26. The summed E-state index contributed by atoms with van der Waals surface area (Å²) < 4.78 is 16.8. The van der Waals surface area contributed by atoms with Crippen molar-refractivity contribution in [2.75, 3.05) is 0 Å². The highest BCUT2D eigenvalue weighted by Gasteiger charge is 2.49. The molecule has 1 fully saturated rings. The molecule has 0 aliphatic carbocycles. The van der Waals surface area contributed by atoms with Gasteiger partial charge >= 0.3 is 5.97 Å². The van der Waals surface area contributed by atoms with Gasteiger partial charge in [0.25, 0.3) is 0 Å². The van der Waals surface area contributed by atoms with E-state index in [0.29, 0.717) is 17.2 Å². The SMILES string of the molecule is O=C(Oc1nccc2ccccc12)C1=Cc2ccccc2OC2OC12. The van der Waals surface area contributed by atoms with Gasteiger partial charge in [-0.05, 0) is 29.7 Å². The third-order valence-electron chi connectivity index (χ3n) is 4.29. The Morgan fingerprint density at radius 1 is 1.04 bits per heavy atom. The topological polar surface area (TPSA) is 61.0 Å². The summed E-state index contributed by atoms with van der Waals surface area (Å²) in [5, 5.41) is 1.75. The standard InChI is InChI=1S/C20H13NO4/c22-19(25-18-14-7-3-1-5-12(14)9-10-21-18)15-11-13-6-2-4-8-16(13)23-20-17(15)24-20/h1-11,17,20H. The molecule has 25 heavy (non-hydrogen) atoms. The van der Waals surface area contributed by atoms with Crippen LogP contribution in [0.15, 0.2) is 66.4 Å². The van der Waals surface area contributed by atoms with Gasteiger partial charge < -0.3 is 14.2 Å². The second-order valence-electron chi connectivity index (χ2n) is 5.91. The molecule has 5 rings (SSSR count). The van der Waals surface area contributed by atoms with Gasteiger partial charge in [0.15, 0.2) is 6.10 Å². The molecule has 5 heteroatoms. The molecular weight excluding hydrogens is 318 g/mol. The first-order chi connectivity index (χ1) is 12.3. The van der Waals surface area contributed by atoms with Crippen LogP contribution in [-0.2, 0) is 9.53 Å². The summed E-state index contributed by atoms with van der Waals surface area (Å²) in [7, 11) is 0. The first-order valence-corrected chi connectivity index (χ1v) is 7.98. The van der Waals surface area contributed by atoms with Crippen molar-refractivity contribution in [3.8, 4) is 11.6 Å². The van der Waals surface area contributed by atoms with E-state index >= 15 is 0 Å². The Balaban J connectivity index is 1.51. The molecular formula is C20H13NO4. The molecule has 2 aliphatic rings. The van der Waals surface area contributed by atoms with Gasteiger partial charge in [-0.15, -0.1) is 0 Å². The fraction of sp³-hybridized carbons (Fsp3) is 0.100. The number of esters is 1. The highest BCUT2D eigenvalue weighted by atomic mass is 16.8. The molecule has 0 N–H and O–H groups in total. The highest BCUT2D eigenvalue weighted by molar-refractivity contribution is 5.99. The maximum absolute atomic E-state index is 12.7. The lowest BCUT2D eigenvalue weighted by molar-refractivity contribution is -0.130. The Hall–Kier alpha value is -3.18. The molecule has 0 saturated carbocycles. The molecule has 3 heterocycles. The van der Waals surface area contributed by atoms with Gasteiger partial charge in [-0.25, -0.2) is 9.78 Å². The number of epoxide rings is 1. The van der Waals surface area contributed by atoms with Crippen LogP contribution in [0.5, 0.6) is 11.6 Å². The number of para-hydroxylation sites is 1. The second-order valence-corrected chi connectivity index (χ2v) is 5.91. The van der Waals surface area contributed by atoms with Crippen LogP contribution >= 0.6 is 0 Å². The number of benzene rings is 2. The van der Waals surface area contributed by atoms with Gasteiger partial charge in [-0.1, -0.05) is 36.4 Å². The van der Waals surface area contributed by atoms with E-state index in [1.807, 2.05) is 54.6 Å². The highest BCUT2D eigenvalue weighted by Crippen LogP contribution is 2.39. The Bertz CT molecular complexity index is 1020. The Kier molecular flexibility index (Phi) is 3.08. The molecule has 2 unspecified atom stereocenters. The van der Waals surface area contributed by atoms with Crippen molar-refractivity contribution in [2.45, 2.75) is 12.4 Å². The van der Waals surface area contributed by atoms with Crippen LogP contribution in [0.3, 0.4) is 0 Å². The van der Waals surface area contributed by atoms with E-state index in [1.165, 1.54) is 0 Å². The zero-order valence-corrected chi connectivity index (χ0v) is 13.1. The van der Waals surface area contributed by atoms with Gasteiger partial charge in [-0.2, -0.15) is 0 Å². The van der Waals surface area contributed by atoms with E-state index in [9.17, 15) is 4.79 Å². The monoisotopic (exact) mass is 331 g/mol. The number of pyridine rings is 1. The van der Waals surface area contributed by atoms with Crippen molar-refractivity contribution in [2.24, 2.45) is 0 Å². The summed E-state index contributed by atoms with van der Waals surface area (Å²) in [6, 6.07) is 17.0. The fourth-order valence-electron chi connectivity index (χ4n) is 2.99. The third-order valence-corrected chi connectivity index (χ3v) is 4.29. The number of carbonyl (C=O) groups excluding carboxylic acids is 1. The van der Waals surface area contributed by atoms with Gasteiger partial charge in [0.05, 0.1) is 5.57 Å². The second kappa shape index (κ2) is 5.43. The van der Waals surface area contributed by atoms with Gasteiger partial charge in [0, 0.05) is 17.1 Å². The Labute approximate surface area is 143 Å². The summed E-state index contributed by atoms with van der Waals surface area (Å²) in [6.07, 6.45) is 2.54. The first kappa shape index (κ1) is 14.2. The van der Waals surface area contributed by atoms with E-state index in [2.05, 4.69) is 4.98 Å². The molecule has 0 radical (unpaired) electrons. The van der Waals surface area contributed by atoms with Crippen LogP contribution in [0.2, 0.25) is 0 Å². The normalized spacial score (nSPS) is 20.6. The van der Waals surface area contributed by atoms with Gasteiger partial charge in [-0.3, -0.25) is 0 Å². The van der Waals surface area contributed by atoms with Crippen LogP contribution in [0, 0.1) is 0 Å². The summed E-state index contributed by atoms with van der Waals surface area (Å²) in [6.45, 7) is 0. The lowest BCUT2D eigenvalue weighted by Gasteiger charge is -2.07. The first-order valence-electron chi connectivity index (χ1n) is 7.98. The molecule has 2 aliphatic heterocycles. The Morgan fingerprint density at radius 2 is 1.88 bits per heavy atom. The van der Waals surface area contributed by atoms with E-state index in [1.54, 1.807) is 12.3 Å². The Morgan fingerprint density at radius 3 is 2.84 bits per heavy atom. The van der Waals surface area contributed by atoms with Crippen molar-refractivity contribution in [1.29, 1.82) is 0 Å². The van der Waals surface area contributed by atoms with Crippen LogP contribution in [0.4, 0.5) is 0 Å². The number of nitrogens with zero attached hydrogens (tertiary/aromatic N) is 1. The molecule has 3 aromatic rings. The number of ether oxygens (including phenoxy) is 3. The van der Waals surface area contributed by atoms with Gasteiger partial charge in [0.1, 0.15) is 5.75 Å². The van der Waals surface area contributed by atoms with Crippen molar-refractivity contribution < 1.29 is 19.0 Å². The number of hydrogen-bond donors (Lipinski definition) is 0. The average molecular weight is 331 g/mol. The minimum Gasteiger partial charge on any atom is -0.461 e. The minimum atomic E-state index is -0.475. The van der Waals surface area contributed by atoms with Crippen molar-refractivity contribution in [3.63, 3.8) is 0 Å². The predicted molar refractivity (Wildman–Crippen MR) is 91.1 cm³/mol. The summed E-state index contributed by atoms with van der Waals surface area (Å²) in [4.78, 5) is 17.0. The number of fused-ring (bicyclic) bond motifs is 3. The molecule has 5 nitrogen and oxygen atoms in total. The number of hydrogen-bond acceptors (Lipinski definition) is 5. The maximum atomic E-state index is 12.7. The van der Waals surface area contributed by atoms with E-state index < -0.39 is 18.4 Å². The molecule has 1 aromatic heterocycles. The lowest BCUT2D eigenvalue weighted by Crippen LogP contribution is -2.17. The van der Waals surface area contributed by atoms with Crippen LogP contribution < -0.4 is 9.47 Å². The minimum absolute atomic E-state index is 0.291. The summed E-state index contributed by atoms with van der Waals surface area (Å²) >= 11 is 0. The van der Waals surface area contributed by atoms with Crippen molar-refractivity contribution >= 4 is 22.8 Å². The lowest BCUT2D eigenvalue weighted by atomic mass is 10.1. The summed E-state index contributed by atoms with van der Waals surface area (Å²) in [5.74, 6) is 0.511. The molecule has 2 atom stereocenters. The molecule has 0 amide bonds. The van der Waals surface area contributed by atoms with Crippen molar-refractivity contribution in [3.05, 3.63) is 71.9 Å². The van der Waals surface area contributed by atoms with Crippen LogP contribution in [0.25, 0.3) is 16.8 Å². The van der Waals surface area contributed by atoms with Gasteiger partial charge in [0.2, 0.25) is 12.2 Å². The third kappa shape index (κ3) is 2.45. The number of rotatable bonds is 2. The zero-order chi connectivity index (χ0) is 16.8. The van der Waals surface area contributed by atoms with Crippen molar-refractivity contribution in [1.82, 2.24) is 4.98 Å². The maximum Gasteiger partial charge on any atom is 0.343 e. The van der Waals surface area contributed by atoms with E-state index in [-0.39, 0.29) is 0 Å². The molecule has 1 saturated heterocycles. The number of aromatic nitrogens is 1.